The van der Waals surface area contributed by atoms with Crippen LogP contribution in [0.4, 0.5) is 0 Å². The van der Waals surface area contributed by atoms with Crippen molar-refractivity contribution in [3.8, 4) is 0 Å². The molecule has 0 aromatic heterocycles. The Bertz CT molecular complexity index is 157. The van der Waals surface area contributed by atoms with E-state index in [1.165, 1.54) is 7.11 Å². The monoisotopic (exact) mass is 193 g/mol. The summed E-state index contributed by atoms with van der Waals surface area (Å²) in [5, 5.41) is 0. The normalized spacial score (nSPS) is 9.92. The summed E-state index contributed by atoms with van der Waals surface area (Å²) in [6.07, 6.45) is 1.79. The van der Waals surface area contributed by atoms with Crippen molar-refractivity contribution in [3.63, 3.8) is 0 Å². The molecular formula is C8H16ClNO2. The fraction of sp³-hybridized carbons (Fsp3) is 0.625. The topological polar surface area (TPSA) is 26.3 Å². The van der Waals surface area contributed by atoms with Gasteiger partial charge in [0.25, 0.3) is 0 Å². The molecule has 0 aliphatic heterocycles. The minimum Gasteiger partial charge on any atom is -1.00 e. The Labute approximate surface area is 80.0 Å². The van der Waals surface area contributed by atoms with Crippen molar-refractivity contribution in [2.75, 3.05) is 34.3 Å². The third-order valence-corrected chi connectivity index (χ3v) is 1.41. The Balaban J connectivity index is 0. The van der Waals surface area contributed by atoms with E-state index < -0.39 is 0 Å². The third-order valence-electron chi connectivity index (χ3n) is 1.41. The summed E-state index contributed by atoms with van der Waals surface area (Å²) in [6.45, 7) is 4.78. The first-order valence-corrected chi connectivity index (χ1v) is 3.51. The second-order valence-corrected chi connectivity index (χ2v) is 3.14. The molecule has 0 aliphatic carbocycles. The van der Waals surface area contributed by atoms with Crippen molar-refractivity contribution in [1.82, 2.24) is 0 Å². The van der Waals surface area contributed by atoms with Gasteiger partial charge in [0.05, 0.1) is 27.7 Å². The maximum Gasteiger partial charge on any atom is 0.361 e. The second-order valence-electron chi connectivity index (χ2n) is 3.14. The predicted molar refractivity (Wildman–Crippen MR) is 44.1 cm³/mol. The van der Waals surface area contributed by atoms with Crippen LogP contribution in [-0.4, -0.2) is 44.7 Å². The lowest BCUT2D eigenvalue weighted by Gasteiger charge is -2.26. The van der Waals surface area contributed by atoms with Gasteiger partial charge in [0.1, 0.15) is 0 Å². The molecule has 0 fully saturated rings. The molecule has 0 unspecified atom stereocenters. The number of likely N-dealkylation sites (N-methyl/N-ethyl adjacent to an activating group) is 1. The van der Waals surface area contributed by atoms with Gasteiger partial charge in [0.15, 0.2) is 6.54 Å². The highest BCUT2D eigenvalue weighted by molar-refractivity contribution is 5.70. The molecule has 0 aliphatic rings. The number of carbonyl (C=O) groups is 1. The van der Waals surface area contributed by atoms with E-state index in [0.29, 0.717) is 11.0 Å². The molecule has 0 aromatic carbocycles. The molecule has 12 heavy (non-hydrogen) atoms. The van der Waals surface area contributed by atoms with Gasteiger partial charge < -0.3 is 21.6 Å². The largest absolute Gasteiger partial charge is 1.00 e. The van der Waals surface area contributed by atoms with Crippen molar-refractivity contribution in [1.29, 1.82) is 0 Å². The smallest absolute Gasteiger partial charge is 0.361 e. The molecule has 0 saturated carbocycles. The number of halogens is 1. The van der Waals surface area contributed by atoms with Gasteiger partial charge >= 0.3 is 5.97 Å². The van der Waals surface area contributed by atoms with Gasteiger partial charge in [-0.25, -0.2) is 4.79 Å². The van der Waals surface area contributed by atoms with Crippen molar-refractivity contribution < 1.29 is 26.4 Å². The van der Waals surface area contributed by atoms with Crippen LogP contribution in [0.15, 0.2) is 12.7 Å². The average Bonchev–Trinajstić information content (AvgIpc) is 1.86. The number of rotatable bonds is 4. The van der Waals surface area contributed by atoms with Crippen molar-refractivity contribution in [2.45, 2.75) is 0 Å². The molecule has 0 heterocycles. The van der Waals surface area contributed by atoms with Crippen LogP contribution in [0.2, 0.25) is 0 Å². The van der Waals surface area contributed by atoms with E-state index in [4.69, 9.17) is 0 Å². The highest BCUT2D eigenvalue weighted by Gasteiger charge is 2.18. The lowest BCUT2D eigenvalue weighted by Crippen LogP contribution is -3.00. The summed E-state index contributed by atoms with van der Waals surface area (Å²) in [5.41, 5.74) is 0. The van der Waals surface area contributed by atoms with Gasteiger partial charge in [-0.05, 0) is 6.08 Å². The van der Waals surface area contributed by atoms with Crippen LogP contribution >= 0.6 is 0 Å². The van der Waals surface area contributed by atoms with Gasteiger partial charge in [0, 0.05) is 0 Å². The number of hydrogen-bond acceptors (Lipinski definition) is 2. The van der Waals surface area contributed by atoms with Gasteiger partial charge in [-0.15, -0.1) is 0 Å². The second kappa shape index (κ2) is 6.03. The maximum absolute atomic E-state index is 10.8. The third kappa shape index (κ3) is 6.19. The zero-order valence-corrected chi connectivity index (χ0v) is 8.60. The quantitative estimate of drug-likeness (QED) is 0.279. The van der Waals surface area contributed by atoms with Crippen LogP contribution in [0.3, 0.4) is 0 Å². The summed E-state index contributed by atoms with van der Waals surface area (Å²) >= 11 is 0. The van der Waals surface area contributed by atoms with Gasteiger partial charge in [0.2, 0.25) is 0 Å². The lowest BCUT2D eigenvalue weighted by atomic mass is 10.4. The maximum atomic E-state index is 10.8. The van der Waals surface area contributed by atoms with Crippen molar-refractivity contribution in [3.05, 3.63) is 12.7 Å². The Kier molecular flexibility index (Phi) is 7.04. The van der Waals surface area contributed by atoms with E-state index in [1.807, 2.05) is 14.1 Å². The Morgan fingerprint density at radius 1 is 1.58 bits per heavy atom. The van der Waals surface area contributed by atoms with Crippen LogP contribution < -0.4 is 12.4 Å². The molecule has 0 radical (unpaired) electrons. The molecule has 0 saturated heterocycles. The van der Waals surface area contributed by atoms with E-state index in [0.717, 1.165) is 6.54 Å². The van der Waals surface area contributed by atoms with E-state index in [2.05, 4.69) is 11.3 Å². The number of esters is 1. The number of nitrogens with zero attached hydrogens (tertiary/aromatic N) is 1. The standard InChI is InChI=1S/C8H16NO2.ClH/c1-5-6-9(2,3)7-8(10)11-4;/h5H,1,6-7H2,2-4H3;1H/q+1;/p-1. The summed E-state index contributed by atoms with van der Waals surface area (Å²) < 4.78 is 5.14. The highest BCUT2D eigenvalue weighted by Crippen LogP contribution is 1.96. The molecule has 0 rings (SSSR count). The zero-order chi connectivity index (χ0) is 8.91. The van der Waals surface area contributed by atoms with Crippen LogP contribution in [0, 0.1) is 0 Å². The lowest BCUT2D eigenvalue weighted by molar-refractivity contribution is -0.877. The van der Waals surface area contributed by atoms with E-state index in [-0.39, 0.29) is 18.4 Å². The molecule has 0 aromatic rings. The molecule has 4 heteroatoms. The van der Waals surface area contributed by atoms with Crippen LogP contribution in [-0.2, 0) is 9.53 Å². The molecule has 0 N–H and O–H groups in total. The Morgan fingerprint density at radius 3 is 2.42 bits per heavy atom. The molecule has 0 bridgehead atoms. The van der Waals surface area contributed by atoms with E-state index in [1.54, 1.807) is 6.08 Å². The van der Waals surface area contributed by atoms with Gasteiger partial charge in [-0.2, -0.15) is 0 Å². The predicted octanol–water partition coefficient (Wildman–Crippen LogP) is -2.57. The van der Waals surface area contributed by atoms with Crippen molar-refractivity contribution in [2.24, 2.45) is 0 Å². The first-order valence-electron chi connectivity index (χ1n) is 3.51. The fourth-order valence-electron chi connectivity index (χ4n) is 0.828. The molecule has 0 amide bonds. The van der Waals surface area contributed by atoms with Gasteiger partial charge in [-0.1, -0.05) is 6.58 Å². The average molecular weight is 194 g/mol. The summed E-state index contributed by atoms with van der Waals surface area (Å²) in [6, 6.07) is 0. The molecule has 72 valence electrons. The zero-order valence-electron chi connectivity index (χ0n) is 7.84. The minimum absolute atomic E-state index is 0. The minimum atomic E-state index is -0.183. The van der Waals surface area contributed by atoms with Crippen LogP contribution in [0.1, 0.15) is 0 Å². The number of methoxy groups -OCH3 is 1. The molecule has 3 nitrogen and oxygen atoms in total. The summed E-state index contributed by atoms with van der Waals surface area (Å²) in [7, 11) is 5.31. The first-order chi connectivity index (χ1) is 5.02. The molecular weight excluding hydrogens is 178 g/mol. The molecule has 0 atom stereocenters. The SMILES string of the molecule is C=CC[N+](C)(C)CC(=O)OC.[Cl-]. The number of quaternary nitrogens is 1. The number of ether oxygens (including phenoxy) is 1. The molecule has 0 spiro atoms. The van der Waals surface area contributed by atoms with Crippen LogP contribution in [0.5, 0.6) is 0 Å². The van der Waals surface area contributed by atoms with E-state index >= 15 is 0 Å². The van der Waals surface area contributed by atoms with E-state index in [9.17, 15) is 4.79 Å². The number of hydrogen-bond donors (Lipinski definition) is 0. The van der Waals surface area contributed by atoms with Gasteiger partial charge in [-0.3, -0.25) is 0 Å². The summed E-state index contributed by atoms with van der Waals surface area (Å²) in [4.78, 5) is 10.8. The Hall–Kier alpha value is -0.540. The summed E-state index contributed by atoms with van der Waals surface area (Å²) in [5.74, 6) is -0.183. The number of carbonyl (C=O) groups excluding carboxylic acids is 1. The van der Waals surface area contributed by atoms with Crippen molar-refractivity contribution >= 4 is 5.97 Å². The Morgan fingerprint density at radius 2 is 2.08 bits per heavy atom. The fourth-order valence-corrected chi connectivity index (χ4v) is 0.828. The first kappa shape index (κ1) is 14.0. The highest BCUT2D eigenvalue weighted by atomic mass is 35.5. The van der Waals surface area contributed by atoms with Crippen LogP contribution in [0.25, 0.3) is 0 Å².